The maximum absolute atomic E-state index is 12.4. The van der Waals surface area contributed by atoms with E-state index in [9.17, 15) is 12.6 Å². The van der Waals surface area contributed by atoms with Crippen molar-refractivity contribution in [3.8, 4) is 0 Å². The Labute approximate surface area is 116 Å². The first-order valence-corrected chi connectivity index (χ1v) is 9.62. The van der Waals surface area contributed by atoms with Crippen LogP contribution in [0.4, 0.5) is 0 Å². The molecule has 0 aromatic carbocycles. The highest BCUT2D eigenvalue weighted by atomic mass is 35.5. The summed E-state index contributed by atoms with van der Waals surface area (Å²) in [5.41, 5.74) is 0. The summed E-state index contributed by atoms with van der Waals surface area (Å²) in [7, 11) is -4.20. The fourth-order valence-corrected chi connectivity index (χ4v) is 5.54. The minimum absolute atomic E-state index is 0.379. The molecule has 0 radical (unpaired) electrons. The fraction of sp³-hybridized carbons (Fsp3) is 1.00. The molecule has 106 valence electrons. The van der Waals surface area contributed by atoms with Crippen LogP contribution in [0, 0.1) is 5.92 Å². The highest BCUT2D eigenvalue weighted by Gasteiger charge is 2.34. The Kier molecular flexibility index (Phi) is 5.05. The molecule has 0 atom stereocenters. The number of hydrogen-bond donors (Lipinski definition) is 0. The summed E-state index contributed by atoms with van der Waals surface area (Å²) in [5.74, 6) is 1.96. The molecule has 0 bridgehead atoms. The van der Waals surface area contributed by atoms with Crippen molar-refractivity contribution in [2.75, 3.05) is 43.6 Å². The van der Waals surface area contributed by atoms with Gasteiger partial charge in [0.15, 0.2) is 0 Å². The molecule has 0 aromatic heterocycles. The summed E-state index contributed by atoms with van der Waals surface area (Å²) >= 11 is 5.79. The fourth-order valence-electron chi connectivity index (χ4n) is 2.31. The van der Waals surface area contributed by atoms with E-state index in [1.54, 1.807) is 4.31 Å². The Bertz CT molecular complexity index is 397. The molecule has 2 saturated heterocycles. The van der Waals surface area contributed by atoms with E-state index in [-0.39, 0.29) is 0 Å². The number of rotatable bonds is 3. The molecule has 2 fully saturated rings. The normalized spacial score (nSPS) is 26.5. The summed E-state index contributed by atoms with van der Waals surface area (Å²) in [6.45, 7) is 1.87. The van der Waals surface area contributed by atoms with Crippen LogP contribution in [0.25, 0.3) is 0 Å². The van der Waals surface area contributed by atoms with Crippen LogP contribution in [-0.4, -0.2) is 64.8 Å². The molecule has 0 unspecified atom stereocenters. The molecule has 5 nitrogen and oxygen atoms in total. The lowest BCUT2D eigenvalue weighted by molar-refractivity contribution is 0.268. The molecule has 2 aliphatic rings. The number of halogens is 1. The lowest BCUT2D eigenvalue weighted by Crippen LogP contribution is -2.51. The van der Waals surface area contributed by atoms with Crippen molar-refractivity contribution in [2.45, 2.75) is 12.8 Å². The zero-order valence-electron chi connectivity index (χ0n) is 10.3. The number of nitrogens with zero attached hydrogens (tertiary/aromatic N) is 2. The monoisotopic (exact) mass is 314 g/mol. The Morgan fingerprint density at radius 2 is 1.56 bits per heavy atom. The molecule has 2 aliphatic heterocycles. The van der Waals surface area contributed by atoms with Gasteiger partial charge in [-0.05, 0) is 18.8 Å². The molecule has 0 aliphatic carbocycles. The zero-order chi connectivity index (χ0) is 13.2. The van der Waals surface area contributed by atoms with Gasteiger partial charge in [0, 0.05) is 54.4 Å². The Morgan fingerprint density at radius 3 is 2.06 bits per heavy atom. The number of piperidine rings is 1. The van der Waals surface area contributed by atoms with Gasteiger partial charge in [-0.25, -0.2) is 0 Å². The van der Waals surface area contributed by atoms with Crippen LogP contribution in [0.5, 0.6) is 0 Å². The average molecular weight is 315 g/mol. The summed E-state index contributed by atoms with van der Waals surface area (Å²) in [4.78, 5) is 0. The molecule has 2 heterocycles. The van der Waals surface area contributed by atoms with Gasteiger partial charge in [-0.1, -0.05) is 0 Å². The van der Waals surface area contributed by atoms with Crippen molar-refractivity contribution < 1.29 is 12.6 Å². The third-order valence-corrected chi connectivity index (χ3v) is 7.33. The van der Waals surface area contributed by atoms with Gasteiger partial charge in [-0.2, -0.15) is 17.0 Å². The SMILES string of the molecule is O=S1CCN(S(=O)(=O)N2CCC(CCl)CC2)CC1. The second-order valence-corrected chi connectivity index (χ2v) is 8.68. The summed E-state index contributed by atoms with van der Waals surface area (Å²) < 4.78 is 39.0. The third kappa shape index (κ3) is 3.25. The molecule has 0 aromatic rings. The molecule has 0 saturated carbocycles. The van der Waals surface area contributed by atoms with Gasteiger partial charge in [-0.3, -0.25) is 4.21 Å². The van der Waals surface area contributed by atoms with Gasteiger partial charge in [0.2, 0.25) is 0 Å². The first-order chi connectivity index (χ1) is 8.54. The van der Waals surface area contributed by atoms with Crippen molar-refractivity contribution >= 4 is 32.6 Å². The van der Waals surface area contributed by atoms with E-state index < -0.39 is 21.0 Å². The van der Waals surface area contributed by atoms with Crippen molar-refractivity contribution in [3.05, 3.63) is 0 Å². The van der Waals surface area contributed by atoms with Gasteiger partial charge < -0.3 is 0 Å². The van der Waals surface area contributed by atoms with E-state index in [2.05, 4.69) is 0 Å². The Hall–Kier alpha value is 0.310. The average Bonchev–Trinajstić information content (AvgIpc) is 2.39. The Morgan fingerprint density at radius 1 is 1.06 bits per heavy atom. The molecular formula is C10H19ClN2O3S2. The highest BCUT2D eigenvalue weighted by molar-refractivity contribution is 7.87. The molecule has 18 heavy (non-hydrogen) atoms. The standard InChI is InChI=1S/C10H19ClN2O3S2/c11-9-10-1-3-12(4-2-10)18(15,16)13-5-7-17(14)8-6-13/h10H,1-9H2. The molecule has 0 amide bonds. The van der Waals surface area contributed by atoms with Crippen molar-refractivity contribution in [2.24, 2.45) is 5.92 Å². The first-order valence-electron chi connectivity index (χ1n) is 6.20. The Balaban J connectivity index is 1.97. The summed E-state index contributed by atoms with van der Waals surface area (Å²) in [6, 6.07) is 0. The predicted molar refractivity (Wildman–Crippen MR) is 73.4 cm³/mol. The van der Waals surface area contributed by atoms with Gasteiger partial charge in [0.25, 0.3) is 10.2 Å². The summed E-state index contributed by atoms with van der Waals surface area (Å²) in [5, 5.41) is 0. The van der Waals surface area contributed by atoms with Crippen molar-refractivity contribution in [1.29, 1.82) is 0 Å². The lowest BCUT2D eigenvalue weighted by atomic mass is 10.0. The maximum Gasteiger partial charge on any atom is 0.282 e. The topological polar surface area (TPSA) is 57.7 Å². The first kappa shape index (κ1) is 14.7. The molecule has 8 heteroatoms. The smallest absolute Gasteiger partial charge is 0.259 e. The van der Waals surface area contributed by atoms with Crippen molar-refractivity contribution in [1.82, 2.24) is 8.61 Å². The minimum atomic E-state index is -3.35. The maximum atomic E-state index is 12.4. The lowest BCUT2D eigenvalue weighted by Gasteiger charge is -2.35. The van der Waals surface area contributed by atoms with Gasteiger partial charge in [0.1, 0.15) is 0 Å². The van der Waals surface area contributed by atoms with E-state index in [0.717, 1.165) is 12.8 Å². The van der Waals surface area contributed by atoms with Crippen LogP contribution in [0.2, 0.25) is 0 Å². The van der Waals surface area contributed by atoms with Crippen LogP contribution < -0.4 is 0 Å². The van der Waals surface area contributed by atoms with Crippen LogP contribution in [-0.2, 0) is 21.0 Å². The van der Waals surface area contributed by atoms with Crippen LogP contribution in [0.15, 0.2) is 0 Å². The van der Waals surface area contributed by atoms with Gasteiger partial charge in [-0.15, -0.1) is 11.6 Å². The van der Waals surface area contributed by atoms with Gasteiger partial charge >= 0.3 is 0 Å². The molecule has 0 N–H and O–H groups in total. The number of hydrogen-bond acceptors (Lipinski definition) is 3. The van der Waals surface area contributed by atoms with Crippen LogP contribution in [0.1, 0.15) is 12.8 Å². The van der Waals surface area contributed by atoms with E-state index >= 15 is 0 Å². The molecule has 0 spiro atoms. The minimum Gasteiger partial charge on any atom is -0.259 e. The zero-order valence-corrected chi connectivity index (χ0v) is 12.6. The largest absolute Gasteiger partial charge is 0.282 e. The van der Waals surface area contributed by atoms with Crippen LogP contribution in [0.3, 0.4) is 0 Å². The second-order valence-electron chi connectivity index (χ2n) is 4.75. The number of alkyl halides is 1. The quantitative estimate of drug-likeness (QED) is 0.702. The van der Waals surface area contributed by atoms with E-state index in [4.69, 9.17) is 11.6 Å². The summed E-state index contributed by atoms with van der Waals surface area (Å²) in [6.07, 6.45) is 1.67. The van der Waals surface area contributed by atoms with Gasteiger partial charge in [0.05, 0.1) is 0 Å². The molecule has 2 rings (SSSR count). The highest BCUT2D eigenvalue weighted by Crippen LogP contribution is 2.22. The predicted octanol–water partition coefficient (Wildman–Crippen LogP) is 0.246. The molecular weight excluding hydrogens is 296 g/mol. The second kappa shape index (κ2) is 6.17. The third-order valence-electron chi connectivity index (χ3n) is 3.58. The van der Waals surface area contributed by atoms with Crippen molar-refractivity contribution in [3.63, 3.8) is 0 Å². The van der Waals surface area contributed by atoms with E-state index in [1.165, 1.54) is 4.31 Å². The van der Waals surface area contributed by atoms with E-state index in [1.807, 2.05) is 0 Å². The van der Waals surface area contributed by atoms with E-state index in [0.29, 0.717) is 49.5 Å². The van der Waals surface area contributed by atoms with Crippen LogP contribution >= 0.6 is 11.6 Å².